The number of hydrogen-bond acceptors (Lipinski definition) is 3. The van der Waals surface area contributed by atoms with Crippen molar-refractivity contribution in [1.29, 1.82) is 0 Å². The number of ether oxygens (including phenoxy) is 1. The fourth-order valence-electron chi connectivity index (χ4n) is 1.85. The number of benzene rings is 1. The lowest BCUT2D eigenvalue weighted by atomic mass is 10.1. The standard InChI is InChI=1S/C12H16FNO2/c13-11-2-1-10(12(15)9-11)3-4-14-5-7-16-8-6-14/h1-2,9,15H,3-8H2. The lowest BCUT2D eigenvalue weighted by molar-refractivity contribution is 0.0384. The maximum Gasteiger partial charge on any atom is 0.126 e. The molecule has 1 aromatic rings. The highest BCUT2D eigenvalue weighted by atomic mass is 19.1. The summed E-state index contributed by atoms with van der Waals surface area (Å²) in [6.07, 6.45) is 0.742. The van der Waals surface area contributed by atoms with Crippen LogP contribution in [0.2, 0.25) is 0 Å². The number of morpholine rings is 1. The van der Waals surface area contributed by atoms with Gasteiger partial charge in [-0.05, 0) is 18.1 Å². The van der Waals surface area contributed by atoms with Gasteiger partial charge in [-0.3, -0.25) is 4.90 Å². The Labute approximate surface area is 94.4 Å². The van der Waals surface area contributed by atoms with E-state index < -0.39 is 5.82 Å². The van der Waals surface area contributed by atoms with E-state index in [0.717, 1.165) is 50.9 Å². The van der Waals surface area contributed by atoms with Crippen LogP contribution in [0.4, 0.5) is 4.39 Å². The van der Waals surface area contributed by atoms with E-state index in [2.05, 4.69) is 4.90 Å². The molecule has 0 saturated carbocycles. The normalized spacial score (nSPS) is 17.6. The average molecular weight is 225 g/mol. The van der Waals surface area contributed by atoms with E-state index in [-0.39, 0.29) is 5.75 Å². The molecule has 1 N–H and O–H groups in total. The second-order valence-corrected chi connectivity index (χ2v) is 3.98. The zero-order chi connectivity index (χ0) is 11.4. The molecule has 0 bridgehead atoms. The first-order valence-corrected chi connectivity index (χ1v) is 5.53. The van der Waals surface area contributed by atoms with Crippen LogP contribution in [0.3, 0.4) is 0 Å². The summed E-state index contributed by atoms with van der Waals surface area (Å²) in [6.45, 7) is 4.29. The van der Waals surface area contributed by atoms with Crippen molar-refractivity contribution < 1.29 is 14.2 Å². The van der Waals surface area contributed by atoms with E-state index >= 15 is 0 Å². The predicted octanol–water partition coefficient (Wildman–Crippen LogP) is 1.41. The number of phenolic OH excluding ortho intramolecular Hbond substituents is 1. The fraction of sp³-hybridized carbons (Fsp3) is 0.500. The SMILES string of the molecule is Oc1cc(F)ccc1CCN1CCOCC1. The van der Waals surface area contributed by atoms with Crippen LogP contribution in [-0.4, -0.2) is 42.9 Å². The number of phenols is 1. The largest absolute Gasteiger partial charge is 0.508 e. The molecular formula is C12H16FNO2. The second-order valence-electron chi connectivity index (χ2n) is 3.98. The summed E-state index contributed by atoms with van der Waals surface area (Å²) >= 11 is 0. The van der Waals surface area contributed by atoms with Gasteiger partial charge in [-0.15, -0.1) is 0 Å². The van der Waals surface area contributed by atoms with Gasteiger partial charge in [0.2, 0.25) is 0 Å². The van der Waals surface area contributed by atoms with Gasteiger partial charge < -0.3 is 9.84 Å². The van der Waals surface area contributed by atoms with Crippen molar-refractivity contribution in [3.8, 4) is 5.75 Å². The molecule has 16 heavy (non-hydrogen) atoms. The van der Waals surface area contributed by atoms with E-state index in [4.69, 9.17) is 4.74 Å². The van der Waals surface area contributed by atoms with Gasteiger partial charge in [-0.1, -0.05) is 6.07 Å². The maximum atomic E-state index is 12.8. The quantitative estimate of drug-likeness (QED) is 0.844. The van der Waals surface area contributed by atoms with Crippen molar-refractivity contribution in [1.82, 2.24) is 4.90 Å². The minimum absolute atomic E-state index is 0.0493. The zero-order valence-corrected chi connectivity index (χ0v) is 9.16. The highest BCUT2D eigenvalue weighted by Crippen LogP contribution is 2.18. The number of hydrogen-bond donors (Lipinski definition) is 1. The molecule has 88 valence electrons. The molecule has 1 aliphatic rings. The van der Waals surface area contributed by atoms with Gasteiger partial charge in [0.15, 0.2) is 0 Å². The summed E-state index contributed by atoms with van der Waals surface area (Å²) in [6, 6.07) is 4.19. The Balaban J connectivity index is 1.88. The molecule has 4 heteroatoms. The molecule has 1 aromatic carbocycles. The van der Waals surface area contributed by atoms with Gasteiger partial charge in [-0.2, -0.15) is 0 Å². The van der Waals surface area contributed by atoms with Crippen molar-refractivity contribution in [2.24, 2.45) is 0 Å². The minimum Gasteiger partial charge on any atom is -0.508 e. The zero-order valence-electron chi connectivity index (χ0n) is 9.16. The van der Waals surface area contributed by atoms with Gasteiger partial charge in [0, 0.05) is 25.7 Å². The monoisotopic (exact) mass is 225 g/mol. The minimum atomic E-state index is -0.396. The summed E-state index contributed by atoms with van der Waals surface area (Å²) < 4.78 is 18.0. The first-order chi connectivity index (χ1) is 7.75. The smallest absolute Gasteiger partial charge is 0.126 e. The average Bonchev–Trinajstić information content (AvgIpc) is 2.29. The molecule has 0 aromatic heterocycles. The summed E-state index contributed by atoms with van der Waals surface area (Å²) in [5, 5.41) is 9.54. The highest BCUT2D eigenvalue weighted by molar-refractivity contribution is 5.32. The van der Waals surface area contributed by atoms with Crippen molar-refractivity contribution in [3.63, 3.8) is 0 Å². The van der Waals surface area contributed by atoms with Gasteiger partial charge >= 0.3 is 0 Å². The van der Waals surface area contributed by atoms with Gasteiger partial charge in [-0.25, -0.2) is 4.39 Å². The molecular weight excluding hydrogens is 209 g/mol. The van der Waals surface area contributed by atoms with Crippen molar-refractivity contribution in [3.05, 3.63) is 29.6 Å². The maximum absolute atomic E-state index is 12.8. The molecule has 0 atom stereocenters. The van der Waals surface area contributed by atoms with Crippen molar-refractivity contribution in [2.45, 2.75) is 6.42 Å². The summed E-state index contributed by atoms with van der Waals surface area (Å²) in [7, 11) is 0. The Hall–Kier alpha value is -1.13. The van der Waals surface area contributed by atoms with E-state index in [1.165, 1.54) is 6.07 Å². The fourth-order valence-corrected chi connectivity index (χ4v) is 1.85. The van der Waals surface area contributed by atoms with Gasteiger partial charge in [0.1, 0.15) is 11.6 Å². The molecule has 0 spiro atoms. The third-order valence-electron chi connectivity index (χ3n) is 2.85. The Morgan fingerprint density at radius 2 is 2.06 bits per heavy atom. The highest BCUT2D eigenvalue weighted by Gasteiger charge is 2.11. The molecule has 1 heterocycles. The molecule has 0 unspecified atom stereocenters. The van der Waals surface area contributed by atoms with Crippen LogP contribution in [0.5, 0.6) is 5.75 Å². The molecule has 0 amide bonds. The Morgan fingerprint density at radius 1 is 1.31 bits per heavy atom. The third-order valence-corrected chi connectivity index (χ3v) is 2.85. The van der Waals surface area contributed by atoms with E-state index in [9.17, 15) is 9.50 Å². The Morgan fingerprint density at radius 3 is 2.75 bits per heavy atom. The Kier molecular flexibility index (Phi) is 3.74. The van der Waals surface area contributed by atoms with Gasteiger partial charge in [0.25, 0.3) is 0 Å². The van der Waals surface area contributed by atoms with E-state index in [1.807, 2.05) is 0 Å². The van der Waals surface area contributed by atoms with Crippen LogP contribution in [0.15, 0.2) is 18.2 Å². The summed E-state index contributed by atoms with van der Waals surface area (Å²) in [5.41, 5.74) is 0.799. The first-order valence-electron chi connectivity index (χ1n) is 5.53. The molecule has 1 aliphatic heterocycles. The van der Waals surface area contributed by atoms with E-state index in [0.29, 0.717) is 0 Å². The molecule has 2 rings (SSSR count). The molecule has 1 saturated heterocycles. The van der Waals surface area contributed by atoms with Crippen LogP contribution in [-0.2, 0) is 11.2 Å². The van der Waals surface area contributed by atoms with Gasteiger partial charge in [0.05, 0.1) is 13.2 Å². The summed E-state index contributed by atoms with van der Waals surface area (Å²) in [5.74, 6) is -0.346. The van der Waals surface area contributed by atoms with Crippen LogP contribution < -0.4 is 0 Å². The number of rotatable bonds is 3. The van der Waals surface area contributed by atoms with Crippen LogP contribution >= 0.6 is 0 Å². The summed E-state index contributed by atoms with van der Waals surface area (Å²) in [4.78, 5) is 2.28. The first kappa shape index (κ1) is 11.4. The second kappa shape index (κ2) is 5.27. The van der Waals surface area contributed by atoms with Crippen molar-refractivity contribution >= 4 is 0 Å². The van der Waals surface area contributed by atoms with Crippen LogP contribution in [0.1, 0.15) is 5.56 Å². The number of nitrogens with zero attached hydrogens (tertiary/aromatic N) is 1. The Bertz CT molecular complexity index is 351. The molecule has 3 nitrogen and oxygen atoms in total. The molecule has 0 radical (unpaired) electrons. The predicted molar refractivity (Wildman–Crippen MR) is 59.0 cm³/mol. The number of aromatic hydroxyl groups is 1. The molecule has 0 aliphatic carbocycles. The number of halogens is 1. The van der Waals surface area contributed by atoms with E-state index in [1.54, 1.807) is 6.07 Å². The lowest BCUT2D eigenvalue weighted by Crippen LogP contribution is -2.37. The topological polar surface area (TPSA) is 32.7 Å². The van der Waals surface area contributed by atoms with Crippen LogP contribution in [0.25, 0.3) is 0 Å². The third kappa shape index (κ3) is 2.93. The molecule has 1 fully saturated rings. The van der Waals surface area contributed by atoms with Crippen molar-refractivity contribution in [2.75, 3.05) is 32.8 Å². The lowest BCUT2D eigenvalue weighted by Gasteiger charge is -2.26. The van der Waals surface area contributed by atoms with Crippen LogP contribution in [0, 0.1) is 5.82 Å².